The van der Waals surface area contributed by atoms with Gasteiger partial charge < -0.3 is 9.73 Å². The maximum Gasteiger partial charge on any atom is 0.247 e. The molecule has 0 saturated carbocycles. The van der Waals surface area contributed by atoms with Crippen molar-refractivity contribution < 1.29 is 9.21 Å². The molecule has 140 valence electrons. The van der Waals surface area contributed by atoms with Gasteiger partial charge in [0.15, 0.2) is 0 Å². The first kappa shape index (κ1) is 19.0. The molecule has 1 N–H and O–H groups in total. The zero-order valence-electron chi connectivity index (χ0n) is 15.2. The van der Waals surface area contributed by atoms with Crippen LogP contribution in [-0.4, -0.2) is 40.6 Å². The maximum atomic E-state index is 11.8. The number of nitrogens with zero attached hydrogens (tertiary/aromatic N) is 3. The number of benzene rings is 1. The summed E-state index contributed by atoms with van der Waals surface area (Å²) >= 11 is 3.46. The molecule has 0 radical (unpaired) electrons. The van der Waals surface area contributed by atoms with Crippen LogP contribution in [0.3, 0.4) is 0 Å². The van der Waals surface area contributed by atoms with Gasteiger partial charge in [-0.3, -0.25) is 9.69 Å². The van der Waals surface area contributed by atoms with E-state index in [-0.39, 0.29) is 11.8 Å². The summed E-state index contributed by atoms with van der Waals surface area (Å²) in [4.78, 5) is 14.1. The lowest BCUT2D eigenvalue weighted by Gasteiger charge is -2.31. The predicted octanol–water partition coefficient (Wildman–Crippen LogP) is 3.48. The van der Waals surface area contributed by atoms with Gasteiger partial charge >= 0.3 is 0 Å². The van der Waals surface area contributed by atoms with Gasteiger partial charge in [-0.25, -0.2) is 0 Å². The normalized spacial score (nSPS) is 18.2. The van der Waals surface area contributed by atoms with Crippen molar-refractivity contribution in [2.24, 2.45) is 11.8 Å². The monoisotopic (exact) mass is 420 g/mol. The summed E-state index contributed by atoms with van der Waals surface area (Å²) in [7, 11) is 0. The van der Waals surface area contributed by atoms with Crippen LogP contribution in [0.4, 0.5) is 0 Å². The van der Waals surface area contributed by atoms with E-state index in [0.29, 0.717) is 24.2 Å². The van der Waals surface area contributed by atoms with Gasteiger partial charge in [-0.15, -0.1) is 10.2 Å². The van der Waals surface area contributed by atoms with E-state index < -0.39 is 0 Å². The van der Waals surface area contributed by atoms with E-state index in [1.165, 1.54) is 0 Å². The Labute approximate surface area is 162 Å². The number of nitrogens with one attached hydrogen (secondary N) is 1. The molecule has 1 aromatic carbocycles. The molecule has 2 aromatic rings. The van der Waals surface area contributed by atoms with E-state index in [0.717, 1.165) is 42.5 Å². The third-order valence-electron chi connectivity index (χ3n) is 4.59. The number of aromatic nitrogens is 2. The van der Waals surface area contributed by atoms with E-state index in [2.05, 4.69) is 36.3 Å². The highest BCUT2D eigenvalue weighted by Gasteiger charge is 2.22. The molecule has 1 atom stereocenters. The number of amides is 1. The molecular weight excluding hydrogens is 396 g/mol. The van der Waals surface area contributed by atoms with Crippen LogP contribution in [0.15, 0.2) is 33.2 Å². The Balaban J connectivity index is 1.55. The number of rotatable bonds is 6. The summed E-state index contributed by atoms with van der Waals surface area (Å²) < 4.78 is 6.82. The van der Waals surface area contributed by atoms with E-state index in [1.54, 1.807) is 0 Å². The van der Waals surface area contributed by atoms with Gasteiger partial charge in [-0.05, 0) is 43.5 Å². The number of carbonyl (C=O) groups excluding carboxylic acids is 1. The highest BCUT2D eigenvalue weighted by molar-refractivity contribution is 9.10. The van der Waals surface area contributed by atoms with E-state index in [9.17, 15) is 4.79 Å². The van der Waals surface area contributed by atoms with Crippen molar-refractivity contribution in [3.05, 3.63) is 34.6 Å². The molecule has 2 heterocycles. The first-order valence-corrected chi connectivity index (χ1v) is 9.89. The van der Waals surface area contributed by atoms with Crippen molar-refractivity contribution in [2.75, 3.05) is 19.6 Å². The standard InChI is InChI=1S/C19H25BrN4O2/c1-13(2)18(25)21-10-14-5-4-8-24(11-14)12-17-22-23-19(26-17)15-6-3-7-16(20)9-15/h3,6-7,9,13-14H,4-5,8,10-12H2,1-2H3,(H,21,25)/t14-/m1/s1. The fourth-order valence-electron chi connectivity index (χ4n) is 3.16. The van der Waals surface area contributed by atoms with E-state index >= 15 is 0 Å². The Morgan fingerprint density at radius 3 is 3.04 bits per heavy atom. The van der Waals surface area contributed by atoms with Crippen molar-refractivity contribution in [1.29, 1.82) is 0 Å². The minimum absolute atomic E-state index is 0.0320. The molecule has 0 bridgehead atoms. The largest absolute Gasteiger partial charge is 0.419 e. The lowest BCUT2D eigenvalue weighted by Crippen LogP contribution is -2.41. The van der Waals surface area contributed by atoms with Crippen LogP contribution in [0.2, 0.25) is 0 Å². The topological polar surface area (TPSA) is 71.3 Å². The van der Waals surface area contributed by atoms with E-state index in [1.807, 2.05) is 38.1 Å². The summed E-state index contributed by atoms with van der Waals surface area (Å²) in [6.07, 6.45) is 2.26. The molecule has 0 aliphatic carbocycles. The smallest absolute Gasteiger partial charge is 0.247 e. The number of halogens is 1. The first-order chi connectivity index (χ1) is 12.5. The molecule has 1 aromatic heterocycles. The molecule has 1 amide bonds. The zero-order valence-corrected chi connectivity index (χ0v) is 16.8. The third-order valence-corrected chi connectivity index (χ3v) is 5.08. The van der Waals surface area contributed by atoms with Crippen LogP contribution in [0.25, 0.3) is 11.5 Å². The lowest BCUT2D eigenvalue weighted by molar-refractivity contribution is -0.124. The van der Waals surface area contributed by atoms with Crippen molar-refractivity contribution in [3.63, 3.8) is 0 Å². The summed E-state index contributed by atoms with van der Waals surface area (Å²) in [6, 6.07) is 7.83. The number of hydrogen-bond acceptors (Lipinski definition) is 5. The fourth-order valence-corrected chi connectivity index (χ4v) is 3.56. The van der Waals surface area contributed by atoms with Crippen LogP contribution < -0.4 is 5.32 Å². The number of carbonyl (C=O) groups is 1. The molecule has 1 aliphatic heterocycles. The van der Waals surface area contributed by atoms with Crippen LogP contribution in [0, 0.1) is 11.8 Å². The molecule has 1 aliphatic rings. The Bertz CT molecular complexity index is 747. The minimum Gasteiger partial charge on any atom is -0.419 e. The van der Waals surface area contributed by atoms with Crippen LogP contribution >= 0.6 is 15.9 Å². The van der Waals surface area contributed by atoms with Crippen molar-refractivity contribution in [1.82, 2.24) is 20.4 Å². The van der Waals surface area contributed by atoms with Gasteiger partial charge in [0.25, 0.3) is 0 Å². The Morgan fingerprint density at radius 1 is 1.42 bits per heavy atom. The van der Waals surface area contributed by atoms with Crippen molar-refractivity contribution in [3.8, 4) is 11.5 Å². The summed E-state index contributed by atoms with van der Waals surface area (Å²) in [5.41, 5.74) is 0.908. The van der Waals surface area contributed by atoms with Gasteiger partial charge in [0, 0.05) is 29.0 Å². The molecular formula is C19H25BrN4O2. The lowest BCUT2D eigenvalue weighted by atomic mass is 9.98. The number of piperidine rings is 1. The van der Waals surface area contributed by atoms with Crippen LogP contribution in [0.5, 0.6) is 0 Å². The van der Waals surface area contributed by atoms with Gasteiger partial charge in [-0.1, -0.05) is 35.8 Å². The van der Waals surface area contributed by atoms with Gasteiger partial charge in [0.05, 0.1) is 6.54 Å². The quantitative estimate of drug-likeness (QED) is 0.774. The summed E-state index contributed by atoms with van der Waals surface area (Å²) in [6.45, 7) is 7.17. The molecule has 3 rings (SSSR count). The first-order valence-electron chi connectivity index (χ1n) is 9.09. The SMILES string of the molecule is CC(C)C(=O)NC[C@H]1CCCN(Cc2nnc(-c3cccc(Br)c3)o2)C1. The van der Waals surface area contributed by atoms with Crippen molar-refractivity contribution >= 4 is 21.8 Å². The summed E-state index contributed by atoms with van der Waals surface area (Å²) in [5, 5.41) is 11.4. The predicted molar refractivity (Wildman–Crippen MR) is 103 cm³/mol. The molecule has 26 heavy (non-hydrogen) atoms. The Kier molecular flexibility index (Phi) is 6.43. The van der Waals surface area contributed by atoms with Crippen molar-refractivity contribution in [2.45, 2.75) is 33.2 Å². The van der Waals surface area contributed by atoms with Gasteiger partial charge in [0.1, 0.15) is 0 Å². The number of hydrogen-bond donors (Lipinski definition) is 1. The summed E-state index contributed by atoms with van der Waals surface area (Å²) in [5.74, 6) is 1.80. The highest BCUT2D eigenvalue weighted by Crippen LogP contribution is 2.23. The molecule has 6 nitrogen and oxygen atoms in total. The van der Waals surface area contributed by atoms with Crippen LogP contribution in [0.1, 0.15) is 32.6 Å². The van der Waals surface area contributed by atoms with Gasteiger partial charge in [-0.2, -0.15) is 0 Å². The van der Waals surface area contributed by atoms with Crippen LogP contribution in [-0.2, 0) is 11.3 Å². The maximum absolute atomic E-state index is 11.8. The zero-order chi connectivity index (χ0) is 18.5. The van der Waals surface area contributed by atoms with E-state index in [4.69, 9.17) is 4.42 Å². The Morgan fingerprint density at radius 2 is 2.27 bits per heavy atom. The average Bonchev–Trinajstić information content (AvgIpc) is 3.08. The Hall–Kier alpha value is -1.73. The number of likely N-dealkylation sites (tertiary alicyclic amines) is 1. The molecule has 1 saturated heterocycles. The molecule has 1 fully saturated rings. The molecule has 0 unspecified atom stereocenters. The van der Waals surface area contributed by atoms with Gasteiger partial charge in [0.2, 0.25) is 17.7 Å². The highest BCUT2D eigenvalue weighted by atomic mass is 79.9. The second-order valence-corrected chi connectivity index (χ2v) is 8.07. The molecule has 0 spiro atoms. The minimum atomic E-state index is 0.0320. The molecule has 7 heteroatoms. The second kappa shape index (κ2) is 8.77. The average molecular weight is 421 g/mol. The fraction of sp³-hybridized carbons (Fsp3) is 0.526. The second-order valence-electron chi connectivity index (χ2n) is 7.15. The third kappa shape index (κ3) is 5.14.